The molecule has 2 N–H and O–H groups in total. The molecule has 102 valence electrons. The number of carboxylic acids is 1. The molecule has 0 spiro atoms. The zero-order valence-corrected chi connectivity index (χ0v) is 11.7. The van der Waals surface area contributed by atoms with Crippen LogP contribution in [0.25, 0.3) is 0 Å². The number of aryl methyl sites for hydroxylation is 2. The molecule has 2 heterocycles. The summed E-state index contributed by atoms with van der Waals surface area (Å²) in [5.74, 6) is -1.26. The molecular formula is C10H11N3O4S2. The second kappa shape index (κ2) is 4.67. The molecule has 9 heteroatoms. The van der Waals surface area contributed by atoms with Gasteiger partial charge in [-0.15, -0.1) is 11.3 Å². The summed E-state index contributed by atoms with van der Waals surface area (Å²) in [5.41, 5.74) is 0.684. The van der Waals surface area contributed by atoms with Gasteiger partial charge in [0, 0.05) is 13.2 Å². The Bertz CT molecular complexity index is 730. The molecule has 0 atom stereocenters. The molecule has 0 saturated heterocycles. The summed E-state index contributed by atoms with van der Waals surface area (Å²) in [6.45, 7) is 1.56. The predicted molar refractivity (Wildman–Crippen MR) is 70.0 cm³/mol. The molecule has 0 aliphatic heterocycles. The molecule has 0 aliphatic rings. The molecule has 2 rings (SSSR count). The third-order valence-electron chi connectivity index (χ3n) is 2.34. The van der Waals surface area contributed by atoms with Crippen LogP contribution < -0.4 is 4.72 Å². The Morgan fingerprint density at radius 3 is 2.74 bits per heavy atom. The third kappa shape index (κ3) is 2.61. The van der Waals surface area contributed by atoms with Crippen molar-refractivity contribution in [2.75, 3.05) is 4.72 Å². The van der Waals surface area contributed by atoms with Gasteiger partial charge in [-0.2, -0.15) is 5.10 Å². The number of aromatic nitrogens is 2. The SMILES string of the molecule is Cc1csc(C(=O)O)c1S(=O)(=O)Nc1cnn(C)c1. The zero-order chi connectivity index (χ0) is 14.2. The third-order valence-corrected chi connectivity index (χ3v) is 5.12. The number of nitrogens with one attached hydrogen (secondary N) is 1. The Morgan fingerprint density at radius 2 is 2.21 bits per heavy atom. The molecule has 2 aromatic heterocycles. The maximum absolute atomic E-state index is 12.2. The van der Waals surface area contributed by atoms with E-state index in [2.05, 4.69) is 9.82 Å². The van der Waals surface area contributed by atoms with Gasteiger partial charge in [-0.25, -0.2) is 13.2 Å². The number of thiophene rings is 1. The summed E-state index contributed by atoms with van der Waals surface area (Å²) in [4.78, 5) is 10.6. The molecular weight excluding hydrogens is 290 g/mol. The van der Waals surface area contributed by atoms with Crippen molar-refractivity contribution in [1.82, 2.24) is 9.78 Å². The van der Waals surface area contributed by atoms with Crippen LogP contribution in [-0.2, 0) is 17.1 Å². The Balaban J connectivity index is 2.45. The van der Waals surface area contributed by atoms with E-state index in [0.717, 1.165) is 11.3 Å². The van der Waals surface area contributed by atoms with E-state index in [0.29, 0.717) is 5.56 Å². The number of rotatable bonds is 4. The monoisotopic (exact) mass is 301 g/mol. The molecule has 0 saturated carbocycles. The van der Waals surface area contributed by atoms with Gasteiger partial charge in [-0.3, -0.25) is 9.40 Å². The molecule has 0 aliphatic carbocycles. The summed E-state index contributed by atoms with van der Waals surface area (Å²) in [6.07, 6.45) is 2.83. The second-order valence-corrected chi connectivity index (χ2v) is 6.39. The standard InChI is InChI=1S/C10H11N3O4S2/c1-6-5-18-8(10(14)15)9(6)19(16,17)12-7-3-11-13(2)4-7/h3-5,12H,1-2H3,(H,14,15). The van der Waals surface area contributed by atoms with Gasteiger partial charge >= 0.3 is 5.97 Å². The van der Waals surface area contributed by atoms with E-state index in [4.69, 9.17) is 5.11 Å². The molecule has 0 unspecified atom stereocenters. The van der Waals surface area contributed by atoms with Crippen molar-refractivity contribution in [2.24, 2.45) is 7.05 Å². The maximum atomic E-state index is 12.2. The van der Waals surface area contributed by atoms with Crippen LogP contribution in [0.1, 0.15) is 15.2 Å². The number of hydrogen-bond acceptors (Lipinski definition) is 5. The van der Waals surface area contributed by atoms with E-state index in [9.17, 15) is 13.2 Å². The predicted octanol–water partition coefficient (Wildman–Crippen LogP) is 1.29. The fourth-order valence-electron chi connectivity index (χ4n) is 1.60. The lowest BCUT2D eigenvalue weighted by molar-refractivity contribution is 0.0698. The average Bonchev–Trinajstić information content (AvgIpc) is 2.84. The van der Waals surface area contributed by atoms with Crippen molar-refractivity contribution >= 4 is 33.0 Å². The lowest BCUT2D eigenvalue weighted by Gasteiger charge is -2.06. The first-order valence-electron chi connectivity index (χ1n) is 5.14. The van der Waals surface area contributed by atoms with Gasteiger partial charge in [0.1, 0.15) is 9.77 Å². The first-order chi connectivity index (χ1) is 8.81. The maximum Gasteiger partial charge on any atom is 0.347 e. The number of hydrogen-bond donors (Lipinski definition) is 2. The highest BCUT2D eigenvalue weighted by molar-refractivity contribution is 7.93. The van der Waals surface area contributed by atoms with Crippen molar-refractivity contribution in [3.63, 3.8) is 0 Å². The van der Waals surface area contributed by atoms with Crippen LogP contribution >= 0.6 is 11.3 Å². The van der Waals surface area contributed by atoms with Gasteiger partial charge < -0.3 is 5.11 Å². The summed E-state index contributed by atoms with van der Waals surface area (Å²) < 4.78 is 28.2. The van der Waals surface area contributed by atoms with Crippen molar-refractivity contribution in [2.45, 2.75) is 11.8 Å². The van der Waals surface area contributed by atoms with Crippen LogP contribution in [0.5, 0.6) is 0 Å². The quantitative estimate of drug-likeness (QED) is 0.886. The summed E-state index contributed by atoms with van der Waals surface area (Å²) >= 11 is 0.887. The van der Waals surface area contributed by atoms with E-state index < -0.39 is 16.0 Å². The number of aromatic carboxylic acids is 1. The number of sulfonamides is 1. The highest BCUT2D eigenvalue weighted by Gasteiger charge is 2.27. The van der Waals surface area contributed by atoms with Crippen molar-refractivity contribution in [3.05, 3.63) is 28.2 Å². The van der Waals surface area contributed by atoms with Crippen LogP contribution in [0.4, 0.5) is 5.69 Å². The topological polar surface area (TPSA) is 101 Å². The second-order valence-electron chi connectivity index (χ2n) is 3.89. The minimum absolute atomic E-state index is 0.200. The zero-order valence-electron chi connectivity index (χ0n) is 10.1. The first kappa shape index (κ1) is 13.6. The Kier molecular flexibility index (Phi) is 3.33. The van der Waals surface area contributed by atoms with Crippen LogP contribution in [0.2, 0.25) is 0 Å². The van der Waals surface area contributed by atoms with Crippen molar-refractivity contribution < 1.29 is 18.3 Å². The minimum atomic E-state index is -3.94. The molecule has 0 fully saturated rings. The van der Waals surface area contributed by atoms with Crippen LogP contribution in [-0.4, -0.2) is 29.3 Å². The number of anilines is 1. The molecule has 19 heavy (non-hydrogen) atoms. The van der Waals surface area contributed by atoms with Gasteiger partial charge in [0.2, 0.25) is 0 Å². The Morgan fingerprint density at radius 1 is 1.53 bits per heavy atom. The number of carboxylic acid groups (broad SMARTS) is 1. The number of nitrogens with zero attached hydrogens (tertiary/aromatic N) is 2. The molecule has 2 aromatic rings. The Hall–Kier alpha value is -1.87. The smallest absolute Gasteiger partial charge is 0.347 e. The lowest BCUT2D eigenvalue weighted by atomic mass is 10.3. The molecule has 0 radical (unpaired) electrons. The van der Waals surface area contributed by atoms with E-state index in [1.807, 2.05) is 0 Å². The molecule has 0 amide bonds. The van der Waals surface area contributed by atoms with Crippen molar-refractivity contribution in [1.29, 1.82) is 0 Å². The first-order valence-corrected chi connectivity index (χ1v) is 7.50. The van der Waals surface area contributed by atoms with Crippen molar-refractivity contribution in [3.8, 4) is 0 Å². The lowest BCUT2D eigenvalue weighted by Crippen LogP contribution is -2.16. The van der Waals surface area contributed by atoms with Gasteiger partial charge in [0.15, 0.2) is 0 Å². The Labute approximate surface area is 113 Å². The fraction of sp³-hybridized carbons (Fsp3) is 0.200. The van der Waals surface area contributed by atoms with Gasteiger partial charge in [0.25, 0.3) is 10.0 Å². The van der Waals surface area contributed by atoms with E-state index in [-0.39, 0.29) is 15.5 Å². The highest BCUT2D eigenvalue weighted by atomic mass is 32.2. The van der Waals surface area contributed by atoms with Gasteiger partial charge in [-0.05, 0) is 17.9 Å². The van der Waals surface area contributed by atoms with Gasteiger partial charge in [0.05, 0.1) is 11.9 Å². The molecule has 0 aromatic carbocycles. The highest BCUT2D eigenvalue weighted by Crippen LogP contribution is 2.28. The van der Waals surface area contributed by atoms with E-state index in [1.54, 1.807) is 14.0 Å². The normalized spacial score (nSPS) is 11.5. The van der Waals surface area contributed by atoms with Gasteiger partial charge in [-0.1, -0.05) is 0 Å². The molecule has 0 bridgehead atoms. The summed E-state index contributed by atoms with van der Waals surface area (Å²) in [5, 5.41) is 14.4. The largest absolute Gasteiger partial charge is 0.477 e. The average molecular weight is 301 g/mol. The summed E-state index contributed by atoms with van der Waals surface area (Å²) in [6, 6.07) is 0. The van der Waals surface area contributed by atoms with E-state index in [1.165, 1.54) is 22.5 Å². The van der Waals surface area contributed by atoms with Crippen LogP contribution in [0.15, 0.2) is 22.7 Å². The summed E-state index contributed by atoms with van der Waals surface area (Å²) in [7, 11) is -2.29. The van der Waals surface area contributed by atoms with Crippen LogP contribution in [0.3, 0.4) is 0 Å². The number of carbonyl (C=O) groups is 1. The van der Waals surface area contributed by atoms with Crippen LogP contribution in [0, 0.1) is 6.92 Å². The van der Waals surface area contributed by atoms with E-state index >= 15 is 0 Å². The minimum Gasteiger partial charge on any atom is -0.477 e. The molecule has 7 nitrogen and oxygen atoms in total. The fourth-order valence-corrected chi connectivity index (χ4v) is 4.26.